The zero-order valence-electron chi connectivity index (χ0n) is 12.7. The van der Waals surface area contributed by atoms with Crippen LogP contribution in [-0.4, -0.2) is 10.8 Å². The highest BCUT2D eigenvalue weighted by Gasteiger charge is 2.14. The largest absolute Gasteiger partial charge is 0.346 e. The molecule has 124 valence electrons. The Morgan fingerprint density at radius 3 is 2.62 bits per heavy atom. The molecule has 2 aromatic rings. The molecule has 0 aliphatic heterocycles. The van der Waals surface area contributed by atoms with Gasteiger partial charge in [-0.25, -0.2) is 8.78 Å². The predicted octanol–water partition coefficient (Wildman–Crippen LogP) is 3.76. The molecule has 0 fully saturated rings. The van der Waals surface area contributed by atoms with Gasteiger partial charge in [0.1, 0.15) is 11.6 Å². The van der Waals surface area contributed by atoms with Crippen LogP contribution < -0.4 is 5.32 Å². The number of nitro benzene ring substituents is 1. The van der Waals surface area contributed by atoms with Crippen molar-refractivity contribution in [2.45, 2.75) is 13.0 Å². The van der Waals surface area contributed by atoms with Crippen LogP contribution in [0, 0.1) is 21.7 Å². The van der Waals surface area contributed by atoms with Crippen molar-refractivity contribution in [3.8, 4) is 0 Å². The number of hydrogen-bond acceptors (Lipinski definition) is 3. The lowest BCUT2D eigenvalue weighted by molar-refractivity contribution is -0.385. The van der Waals surface area contributed by atoms with E-state index in [-0.39, 0.29) is 16.8 Å². The van der Waals surface area contributed by atoms with E-state index in [9.17, 15) is 23.7 Å². The molecule has 0 aliphatic rings. The quantitative estimate of drug-likeness (QED) is 0.515. The van der Waals surface area contributed by atoms with Gasteiger partial charge in [-0.05, 0) is 25.1 Å². The summed E-state index contributed by atoms with van der Waals surface area (Å²) in [5.74, 6) is -2.01. The lowest BCUT2D eigenvalue weighted by Gasteiger charge is -2.13. The summed E-state index contributed by atoms with van der Waals surface area (Å²) in [6, 6.07) is 8.37. The van der Waals surface area contributed by atoms with Crippen LogP contribution in [0.5, 0.6) is 0 Å². The van der Waals surface area contributed by atoms with E-state index >= 15 is 0 Å². The minimum Gasteiger partial charge on any atom is -0.346 e. The summed E-state index contributed by atoms with van der Waals surface area (Å²) >= 11 is 0. The first kappa shape index (κ1) is 17.3. The third-order valence-electron chi connectivity index (χ3n) is 3.34. The topological polar surface area (TPSA) is 72.2 Å². The van der Waals surface area contributed by atoms with E-state index in [1.807, 2.05) is 0 Å². The van der Waals surface area contributed by atoms with Crippen molar-refractivity contribution in [2.24, 2.45) is 0 Å². The van der Waals surface area contributed by atoms with Crippen molar-refractivity contribution in [2.75, 3.05) is 0 Å². The molecule has 0 radical (unpaired) electrons. The number of hydrogen-bond donors (Lipinski definition) is 1. The van der Waals surface area contributed by atoms with Gasteiger partial charge in [0.05, 0.1) is 16.5 Å². The number of nitrogens with one attached hydrogen (secondary N) is 1. The van der Waals surface area contributed by atoms with Gasteiger partial charge in [-0.1, -0.05) is 18.2 Å². The fourth-order valence-electron chi connectivity index (χ4n) is 2.15. The van der Waals surface area contributed by atoms with Crippen LogP contribution in [0.25, 0.3) is 6.08 Å². The van der Waals surface area contributed by atoms with E-state index in [1.54, 1.807) is 13.0 Å². The molecule has 7 heteroatoms. The van der Waals surface area contributed by atoms with Crippen LogP contribution in [0.3, 0.4) is 0 Å². The second-order valence-corrected chi connectivity index (χ2v) is 5.05. The second-order valence-electron chi connectivity index (χ2n) is 5.05. The van der Waals surface area contributed by atoms with Crippen molar-refractivity contribution in [1.82, 2.24) is 5.32 Å². The van der Waals surface area contributed by atoms with Gasteiger partial charge >= 0.3 is 0 Å². The fourth-order valence-corrected chi connectivity index (χ4v) is 2.15. The van der Waals surface area contributed by atoms with Gasteiger partial charge in [0, 0.05) is 23.8 Å². The number of nitrogens with zero attached hydrogens (tertiary/aromatic N) is 1. The van der Waals surface area contributed by atoms with Crippen molar-refractivity contribution in [3.63, 3.8) is 0 Å². The number of para-hydroxylation sites is 1. The summed E-state index contributed by atoms with van der Waals surface area (Å²) in [5.41, 5.74) is 0.293. The molecule has 0 aliphatic carbocycles. The van der Waals surface area contributed by atoms with Crippen molar-refractivity contribution in [3.05, 3.63) is 81.4 Å². The Bertz CT molecular complexity index is 806. The van der Waals surface area contributed by atoms with E-state index < -0.39 is 28.5 Å². The molecular weight excluding hydrogens is 318 g/mol. The zero-order valence-corrected chi connectivity index (χ0v) is 12.7. The number of halogens is 2. The van der Waals surface area contributed by atoms with Gasteiger partial charge in [0.2, 0.25) is 5.91 Å². The highest BCUT2D eigenvalue weighted by molar-refractivity contribution is 5.92. The van der Waals surface area contributed by atoms with Gasteiger partial charge in [0.15, 0.2) is 0 Å². The van der Waals surface area contributed by atoms with Crippen LogP contribution in [0.4, 0.5) is 14.5 Å². The lowest BCUT2D eigenvalue weighted by atomic mass is 10.1. The van der Waals surface area contributed by atoms with E-state index in [0.29, 0.717) is 0 Å². The van der Waals surface area contributed by atoms with Gasteiger partial charge in [-0.2, -0.15) is 0 Å². The van der Waals surface area contributed by atoms with Gasteiger partial charge in [-0.15, -0.1) is 0 Å². The molecule has 0 spiro atoms. The Morgan fingerprint density at radius 2 is 1.96 bits per heavy atom. The van der Waals surface area contributed by atoms with Gasteiger partial charge in [-0.3, -0.25) is 14.9 Å². The predicted molar refractivity (Wildman–Crippen MR) is 85.0 cm³/mol. The van der Waals surface area contributed by atoms with E-state index in [0.717, 1.165) is 18.2 Å². The SMILES string of the molecule is C[C@@H](NC(=O)/C=C/c1ccccc1[N+](=O)[O-])c1ccc(F)cc1F. The summed E-state index contributed by atoms with van der Waals surface area (Å²) in [5, 5.41) is 13.4. The Kier molecular flexibility index (Phi) is 5.36. The molecular formula is C17H14F2N2O3. The molecule has 0 aromatic heterocycles. The lowest BCUT2D eigenvalue weighted by Crippen LogP contribution is -2.25. The summed E-state index contributed by atoms with van der Waals surface area (Å²) in [6.07, 6.45) is 2.43. The summed E-state index contributed by atoms with van der Waals surface area (Å²) in [4.78, 5) is 22.2. The fraction of sp³-hybridized carbons (Fsp3) is 0.118. The average Bonchev–Trinajstić information content (AvgIpc) is 2.52. The minimum atomic E-state index is -0.759. The summed E-state index contributed by atoms with van der Waals surface area (Å²) < 4.78 is 26.6. The average molecular weight is 332 g/mol. The molecule has 1 atom stereocenters. The molecule has 1 amide bonds. The normalized spacial score (nSPS) is 12.1. The zero-order chi connectivity index (χ0) is 17.7. The van der Waals surface area contributed by atoms with E-state index in [2.05, 4.69) is 5.32 Å². The third-order valence-corrected chi connectivity index (χ3v) is 3.34. The molecule has 5 nitrogen and oxygen atoms in total. The standard InChI is InChI=1S/C17H14F2N2O3/c1-11(14-8-7-13(18)10-15(14)19)20-17(22)9-6-12-4-2-3-5-16(12)21(23)24/h2-11H,1H3,(H,20,22)/b9-6+/t11-/m1/s1. The van der Waals surface area contributed by atoms with Crippen LogP contribution in [0.2, 0.25) is 0 Å². The Morgan fingerprint density at radius 1 is 1.25 bits per heavy atom. The maximum atomic E-state index is 13.7. The van der Waals surface area contributed by atoms with Crippen molar-refractivity contribution >= 4 is 17.7 Å². The van der Waals surface area contributed by atoms with Gasteiger partial charge < -0.3 is 5.32 Å². The third kappa shape index (κ3) is 4.22. The second kappa shape index (κ2) is 7.45. The Balaban J connectivity index is 2.09. The molecule has 0 heterocycles. The van der Waals surface area contributed by atoms with Gasteiger partial charge in [0.25, 0.3) is 5.69 Å². The number of benzene rings is 2. The molecule has 0 saturated carbocycles. The maximum absolute atomic E-state index is 13.7. The van der Waals surface area contributed by atoms with Crippen LogP contribution >= 0.6 is 0 Å². The first-order valence-electron chi connectivity index (χ1n) is 7.05. The summed E-state index contributed by atoms with van der Waals surface area (Å²) in [7, 11) is 0. The molecule has 2 rings (SSSR count). The first-order valence-corrected chi connectivity index (χ1v) is 7.05. The number of carbonyl (C=O) groups excluding carboxylic acids is 1. The van der Waals surface area contributed by atoms with Crippen LogP contribution in [0.15, 0.2) is 48.5 Å². The molecule has 2 aromatic carbocycles. The smallest absolute Gasteiger partial charge is 0.276 e. The highest BCUT2D eigenvalue weighted by Crippen LogP contribution is 2.20. The summed E-state index contributed by atoms with van der Waals surface area (Å²) in [6.45, 7) is 1.55. The molecule has 0 saturated heterocycles. The van der Waals surface area contributed by atoms with Crippen molar-refractivity contribution < 1.29 is 18.5 Å². The maximum Gasteiger partial charge on any atom is 0.276 e. The Hall–Kier alpha value is -3.09. The molecule has 1 N–H and O–H groups in total. The number of rotatable bonds is 5. The molecule has 0 unspecified atom stereocenters. The number of amides is 1. The minimum absolute atomic E-state index is 0.126. The number of nitro groups is 1. The van der Waals surface area contributed by atoms with Crippen LogP contribution in [-0.2, 0) is 4.79 Å². The highest BCUT2D eigenvalue weighted by atomic mass is 19.1. The van der Waals surface area contributed by atoms with E-state index in [1.165, 1.54) is 30.3 Å². The van der Waals surface area contributed by atoms with Crippen molar-refractivity contribution in [1.29, 1.82) is 0 Å². The Labute approximate surface area is 136 Å². The van der Waals surface area contributed by atoms with Crippen LogP contribution in [0.1, 0.15) is 24.1 Å². The first-order chi connectivity index (χ1) is 11.4. The monoisotopic (exact) mass is 332 g/mol. The number of carbonyl (C=O) groups is 1. The van der Waals surface area contributed by atoms with E-state index in [4.69, 9.17) is 0 Å². The molecule has 0 bridgehead atoms. The molecule has 24 heavy (non-hydrogen) atoms.